The van der Waals surface area contributed by atoms with E-state index in [0.29, 0.717) is 5.75 Å². The first-order valence-electron chi connectivity index (χ1n) is 8.50. The molecule has 1 N–H and O–H groups in total. The number of ether oxygens (including phenoxy) is 1. The van der Waals surface area contributed by atoms with Crippen molar-refractivity contribution in [1.29, 1.82) is 0 Å². The fourth-order valence-corrected chi connectivity index (χ4v) is 3.26. The number of nitro groups is 1. The molecule has 0 unspecified atom stereocenters. The Bertz CT molecular complexity index is 814. The molecule has 2 aromatic carbocycles. The number of anilines is 1. The van der Waals surface area contributed by atoms with E-state index < -0.39 is 4.92 Å². The summed E-state index contributed by atoms with van der Waals surface area (Å²) in [6.07, 6.45) is 0. The van der Waals surface area contributed by atoms with Gasteiger partial charge in [-0.15, -0.1) is 11.8 Å². The summed E-state index contributed by atoms with van der Waals surface area (Å²) in [6, 6.07) is 12.6. The van der Waals surface area contributed by atoms with Gasteiger partial charge < -0.3 is 10.1 Å². The van der Waals surface area contributed by atoms with Crippen molar-refractivity contribution in [3.63, 3.8) is 0 Å². The summed E-state index contributed by atoms with van der Waals surface area (Å²) in [5.41, 5.74) is 2.73. The molecule has 0 aliphatic carbocycles. The molecule has 0 saturated carbocycles. The summed E-state index contributed by atoms with van der Waals surface area (Å²) in [5, 5.41) is 13.9. The molecule has 144 valence electrons. The van der Waals surface area contributed by atoms with Crippen LogP contribution < -0.4 is 10.1 Å². The summed E-state index contributed by atoms with van der Waals surface area (Å²) in [7, 11) is 1.40. The minimum absolute atomic E-state index is 0.0688. The molecule has 0 aliphatic heterocycles. The summed E-state index contributed by atoms with van der Waals surface area (Å²) < 4.78 is 4.99. The van der Waals surface area contributed by atoms with Crippen LogP contribution in [0.4, 0.5) is 11.4 Å². The fourth-order valence-electron chi connectivity index (χ4n) is 2.48. The highest BCUT2D eigenvalue weighted by Gasteiger charge is 2.16. The van der Waals surface area contributed by atoms with Crippen LogP contribution >= 0.6 is 11.8 Å². The Balaban J connectivity index is 1.87. The lowest BCUT2D eigenvalue weighted by atomic mass is 9.87. The minimum atomic E-state index is -0.471. The van der Waals surface area contributed by atoms with Gasteiger partial charge in [0.15, 0.2) is 5.75 Å². The van der Waals surface area contributed by atoms with Gasteiger partial charge in [0.2, 0.25) is 5.91 Å². The Morgan fingerprint density at radius 1 is 1.19 bits per heavy atom. The Kier molecular flexibility index (Phi) is 6.85. The highest BCUT2D eigenvalue weighted by molar-refractivity contribution is 7.99. The van der Waals surface area contributed by atoms with E-state index in [-0.39, 0.29) is 28.5 Å². The van der Waals surface area contributed by atoms with Gasteiger partial charge in [-0.3, -0.25) is 14.9 Å². The number of nitrogens with zero attached hydrogens (tertiary/aromatic N) is 1. The lowest BCUT2D eigenvalue weighted by Crippen LogP contribution is -2.15. The van der Waals surface area contributed by atoms with Crippen molar-refractivity contribution in [1.82, 2.24) is 0 Å². The lowest BCUT2D eigenvalue weighted by molar-refractivity contribution is -0.385. The van der Waals surface area contributed by atoms with E-state index in [2.05, 4.69) is 26.1 Å². The van der Waals surface area contributed by atoms with E-state index in [1.54, 1.807) is 12.1 Å². The number of thioether (sulfide) groups is 1. The second-order valence-corrected chi connectivity index (χ2v) is 8.12. The van der Waals surface area contributed by atoms with Gasteiger partial charge in [0.1, 0.15) is 0 Å². The second kappa shape index (κ2) is 8.90. The van der Waals surface area contributed by atoms with Gasteiger partial charge >= 0.3 is 5.69 Å². The quantitative estimate of drug-likeness (QED) is 0.546. The maximum atomic E-state index is 12.1. The second-order valence-electron chi connectivity index (χ2n) is 7.13. The average Bonchev–Trinajstić information content (AvgIpc) is 2.61. The molecule has 2 rings (SSSR count). The molecule has 0 heterocycles. The topological polar surface area (TPSA) is 81.5 Å². The molecule has 27 heavy (non-hydrogen) atoms. The van der Waals surface area contributed by atoms with Gasteiger partial charge in [0.25, 0.3) is 0 Å². The number of nitro benzene ring substituents is 1. The zero-order valence-corrected chi connectivity index (χ0v) is 16.8. The molecule has 0 aromatic heterocycles. The smallest absolute Gasteiger partial charge is 0.311 e. The van der Waals surface area contributed by atoms with Crippen LogP contribution in [-0.2, 0) is 16.0 Å². The first-order valence-corrected chi connectivity index (χ1v) is 9.65. The van der Waals surface area contributed by atoms with Crippen LogP contribution in [0.3, 0.4) is 0 Å². The van der Waals surface area contributed by atoms with Crippen LogP contribution in [0.15, 0.2) is 42.5 Å². The number of amides is 1. The minimum Gasteiger partial charge on any atom is -0.490 e. The zero-order valence-electron chi connectivity index (χ0n) is 15.9. The maximum absolute atomic E-state index is 12.1. The first-order chi connectivity index (χ1) is 12.7. The third kappa shape index (κ3) is 5.99. The summed E-state index contributed by atoms with van der Waals surface area (Å²) in [6.45, 7) is 6.42. The predicted molar refractivity (Wildman–Crippen MR) is 110 cm³/mol. The summed E-state index contributed by atoms with van der Waals surface area (Å²) in [5.74, 6) is 0.888. The van der Waals surface area contributed by atoms with Crippen LogP contribution in [0.1, 0.15) is 31.9 Å². The van der Waals surface area contributed by atoms with Crippen molar-refractivity contribution >= 4 is 29.0 Å². The molecule has 0 radical (unpaired) electrons. The number of rotatable bonds is 7. The van der Waals surface area contributed by atoms with E-state index >= 15 is 0 Å². The number of carbonyl (C=O) groups is 1. The van der Waals surface area contributed by atoms with Crippen molar-refractivity contribution in [2.45, 2.75) is 31.9 Å². The monoisotopic (exact) mass is 388 g/mol. The SMILES string of the molecule is COc1ccc(CSCC(=O)Nc2ccc(C(C)(C)C)cc2)cc1[N+](=O)[O-]. The van der Waals surface area contributed by atoms with Gasteiger partial charge in [-0.1, -0.05) is 39.0 Å². The van der Waals surface area contributed by atoms with Gasteiger partial charge in [0.05, 0.1) is 17.8 Å². The summed E-state index contributed by atoms with van der Waals surface area (Å²) >= 11 is 1.40. The third-order valence-electron chi connectivity index (χ3n) is 3.98. The van der Waals surface area contributed by atoms with Crippen molar-refractivity contribution in [3.8, 4) is 5.75 Å². The van der Waals surface area contributed by atoms with Crippen LogP contribution in [0, 0.1) is 10.1 Å². The Hall–Kier alpha value is -2.54. The number of hydrogen-bond donors (Lipinski definition) is 1. The normalized spacial score (nSPS) is 11.1. The molecule has 1 amide bonds. The number of nitrogens with one attached hydrogen (secondary N) is 1. The van der Waals surface area contributed by atoms with Crippen molar-refractivity contribution < 1.29 is 14.5 Å². The molecule has 0 aliphatic rings. The Labute approximate surface area is 163 Å². The van der Waals surface area contributed by atoms with Gasteiger partial charge in [-0.2, -0.15) is 0 Å². The molecular formula is C20H24N2O4S. The molecular weight excluding hydrogens is 364 g/mol. The van der Waals surface area contributed by atoms with Crippen molar-refractivity contribution in [3.05, 3.63) is 63.7 Å². The maximum Gasteiger partial charge on any atom is 0.311 e. The highest BCUT2D eigenvalue weighted by Crippen LogP contribution is 2.29. The van der Waals surface area contributed by atoms with E-state index in [0.717, 1.165) is 11.3 Å². The molecule has 0 atom stereocenters. The molecule has 0 spiro atoms. The van der Waals surface area contributed by atoms with Crippen LogP contribution in [0.25, 0.3) is 0 Å². The highest BCUT2D eigenvalue weighted by atomic mass is 32.2. The molecule has 0 fully saturated rings. The molecule has 0 bridgehead atoms. The standard InChI is InChI=1S/C20H24N2O4S/c1-20(2,3)15-6-8-16(9-7-15)21-19(23)13-27-12-14-5-10-18(26-4)17(11-14)22(24)25/h5-11H,12-13H2,1-4H3,(H,21,23). The van der Waals surface area contributed by atoms with Gasteiger partial charge in [-0.05, 0) is 34.7 Å². The van der Waals surface area contributed by atoms with Gasteiger partial charge in [0, 0.05) is 17.5 Å². The van der Waals surface area contributed by atoms with E-state index in [9.17, 15) is 14.9 Å². The van der Waals surface area contributed by atoms with Crippen molar-refractivity contribution in [2.75, 3.05) is 18.2 Å². The lowest BCUT2D eigenvalue weighted by Gasteiger charge is -2.19. The molecule has 7 heteroatoms. The third-order valence-corrected chi connectivity index (χ3v) is 4.98. The van der Waals surface area contributed by atoms with E-state index in [1.165, 1.54) is 30.5 Å². The molecule has 2 aromatic rings. The molecule has 6 nitrogen and oxygen atoms in total. The Morgan fingerprint density at radius 3 is 2.41 bits per heavy atom. The summed E-state index contributed by atoms with van der Waals surface area (Å²) in [4.78, 5) is 22.7. The number of benzene rings is 2. The number of hydrogen-bond acceptors (Lipinski definition) is 5. The van der Waals surface area contributed by atoms with E-state index in [1.807, 2.05) is 24.3 Å². The first kappa shape index (κ1) is 20.8. The number of methoxy groups -OCH3 is 1. The predicted octanol–water partition coefficient (Wildman–Crippen LogP) is 4.77. The Morgan fingerprint density at radius 2 is 1.85 bits per heavy atom. The van der Waals surface area contributed by atoms with E-state index in [4.69, 9.17) is 4.74 Å². The fraction of sp³-hybridized carbons (Fsp3) is 0.350. The van der Waals surface area contributed by atoms with Crippen molar-refractivity contribution in [2.24, 2.45) is 0 Å². The molecule has 0 saturated heterocycles. The van der Waals surface area contributed by atoms with Crippen LogP contribution in [0.5, 0.6) is 5.75 Å². The zero-order chi connectivity index (χ0) is 20.0. The largest absolute Gasteiger partial charge is 0.490 e. The number of carbonyl (C=O) groups excluding carboxylic acids is 1. The van der Waals surface area contributed by atoms with Gasteiger partial charge in [-0.25, -0.2) is 0 Å². The average molecular weight is 388 g/mol. The van der Waals surface area contributed by atoms with Crippen LogP contribution in [0.2, 0.25) is 0 Å². The van der Waals surface area contributed by atoms with Crippen LogP contribution in [-0.4, -0.2) is 23.7 Å².